The van der Waals surface area contributed by atoms with Crippen LogP contribution in [0.3, 0.4) is 0 Å². The Morgan fingerprint density at radius 2 is 1.94 bits per heavy atom. The number of hydrazone groups is 1. The molecular weight excluding hydrogens is 200 g/mol. The number of benzene rings is 1. The second kappa shape index (κ2) is 7.74. The first-order chi connectivity index (χ1) is 7.86. The van der Waals surface area contributed by atoms with E-state index in [0.717, 1.165) is 24.3 Å². The second-order valence-corrected chi connectivity index (χ2v) is 3.76. The molecule has 2 N–H and O–H groups in total. The summed E-state index contributed by atoms with van der Waals surface area (Å²) in [6, 6.07) is 7.77. The first-order valence-corrected chi connectivity index (χ1v) is 5.83. The summed E-state index contributed by atoms with van der Waals surface area (Å²) in [4.78, 5) is 0. The molecule has 0 aliphatic heterocycles. The van der Waals surface area contributed by atoms with Gasteiger partial charge in [-0.2, -0.15) is 5.10 Å². The van der Waals surface area contributed by atoms with Crippen molar-refractivity contribution in [2.24, 2.45) is 10.9 Å². The molecule has 0 radical (unpaired) electrons. The van der Waals surface area contributed by atoms with Gasteiger partial charge in [0.25, 0.3) is 0 Å². The third-order valence-electron chi connectivity index (χ3n) is 2.37. The molecular formula is C13H20N2O. The normalized spacial score (nSPS) is 10.8. The minimum Gasteiger partial charge on any atom is -0.494 e. The third kappa shape index (κ3) is 4.82. The van der Waals surface area contributed by atoms with Crippen molar-refractivity contribution in [1.82, 2.24) is 0 Å². The molecule has 88 valence electrons. The van der Waals surface area contributed by atoms with Crippen molar-refractivity contribution >= 4 is 6.21 Å². The van der Waals surface area contributed by atoms with E-state index in [1.807, 2.05) is 24.3 Å². The lowest BCUT2D eigenvalue weighted by molar-refractivity contribution is 0.305. The summed E-state index contributed by atoms with van der Waals surface area (Å²) in [5, 5.41) is 3.47. The molecule has 0 aliphatic carbocycles. The van der Waals surface area contributed by atoms with E-state index in [0.29, 0.717) is 0 Å². The third-order valence-corrected chi connectivity index (χ3v) is 2.37. The Kier molecular flexibility index (Phi) is 6.07. The minimum absolute atomic E-state index is 0.796. The van der Waals surface area contributed by atoms with Crippen LogP contribution in [0.4, 0.5) is 0 Å². The summed E-state index contributed by atoms with van der Waals surface area (Å²) >= 11 is 0. The molecule has 0 atom stereocenters. The highest BCUT2D eigenvalue weighted by molar-refractivity contribution is 5.79. The zero-order valence-corrected chi connectivity index (χ0v) is 9.86. The quantitative estimate of drug-likeness (QED) is 0.332. The Morgan fingerprint density at radius 3 is 2.56 bits per heavy atom. The molecule has 0 fully saturated rings. The van der Waals surface area contributed by atoms with Gasteiger partial charge in [-0.15, -0.1) is 0 Å². The van der Waals surface area contributed by atoms with E-state index >= 15 is 0 Å². The van der Waals surface area contributed by atoms with Gasteiger partial charge >= 0.3 is 0 Å². The minimum atomic E-state index is 0.796. The summed E-state index contributed by atoms with van der Waals surface area (Å²) in [6.45, 7) is 3.00. The van der Waals surface area contributed by atoms with Crippen LogP contribution in [0, 0.1) is 0 Å². The van der Waals surface area contributed by atoms with Crippen molar-refractivity contribution in [2.45, 2.75) is 32.6 Å². The highest BCUT2D eigenvalue weighted by Crippen LogP contribution is 2.12. The molecule has 16 heavy (non-hydrogen) atoms. The summed E-state index contributed by atoms with van der Waals surface area (Å²) < 4.78 is 5.61. The molecule has 0 aliphatic rings. The van der Waals surface area contributed by atoms with Crippen LogP contribution in [-0.2, 0) is 0 Å². The molecule has 0 unspecified atom stereocenters. The molecule has 0 saturated heterocycles. The number of nitrogens with zero attached hydrogens (tertiary/aromatic N) is 1. The summed E-state index contributed by atoms with van der Waals surface area (Å²) in [5.74, 6) is 5.97. The fourth-order valence-corrected chi connectivity index (χ4v) is 1.46. The Bertz CT molecular complexity index is 306. The van der Waals surface area contributed by atoms with E-state index in [1.165, 1.54) is 19.3 Å². The number of hydrogen-bond acceptors (Lipinski definition) is 3. The first-order valence-electron chi connectivity index (χ1n) is 5.83. The van der Waals surface area contributed by atoms with Crippen LogP contribution in [0.2, 0.25) is 0 Å². The van der Waals surface area contributed by atoms with Gasteiger partial charge in [0.15, 0.2) is 0 Å². The molecule has 0 spiro atoms. The van der Waals surface area contributed by atoms with Gasteiger partial charge in [0.05, 0.1) is 12.8 Å². The number of nitrogens with two attached hydrogens (primary N) is 1. The molecule has 1 rings (SSSR count). The van der Waals surface area contributed by atoms with Gasteiger partial charge in [0.1, 0.15) is 5.75 Å². The smallest absolute Gasteiger partial charge is 0.119 e. The van der Waals surface area contributed by atoms with E-state index in [9.17, 15) is 0 Å². The lowest BCUT2D eigenvalue weighted by atomic mass is 10.2. The van der Waals surface area contributed by atoms with Crippen LogP contribution in [0.25, 0.3) is 0 Å². The van der Waals surface area contributed by atoms with E-state index in [4.69, 9.17) is 10.6 Å². The molecule has 1 aromatic carbocycles. The van der Waals surface area contributed by atoms with Crippen LogP contribution < -0.4 is 10.6 Å². The zero-order chi connectivity index (χ0) is 11.6. The summed E-state index contributed by atoms with van der Waals surface area (Å²) in [6.07, 6.45) is 6.53. The SMILES string of the molecule is CCCCCCOc1ccc(C=NN)cc1. The van der Waals surface area contributed by atoms with E-state index < -0.39 is 0 Å². The van der Waals surface area contributed by atoms with Crippen molar-refractivity contribution in [1.29, 1.82) is 0 Å². The van der Waals surface area contributed by atoms with Gasteiger partial charge in [-0.1, -0.05) is 26.2 Å². The summed E-state index contributed by atoms with van der Waals surface area (Å²) in [7, 11) is 0. The largest absolute Gasteiger partial charge is 0.494 e. The van der Waals surface area contributed by atoms with Gasteiger partial charge in [-0.05, 0) is 36.2 Å². The fourth-order valence-electron chi connectivity index (χ4n) is 1.46. The summed E-state index contributed by atoms with van der Waals surface area (Å²) in [5.41, 5.74) is 0.987. The van der Waals surface area contributed by atoms with Crippen molar-refractivity contribution in [2.75, 3.05) is 6.61 Å². The molecule has 0 amide bonds. The van der Waals surface area contributed by atoms with Crippen LogP contribution in [0.1, 0.15) is 38.2 Å². The van der Waals surface area contributed by atoms with Crippen LogP contribution in [0.15, 0.2) is 29.4 Å². The molecule has 0 bridgehead atoms. The Hall–Kier alpha value is -1.51. The monoisotopic (exact) mass is 220 g/mol. The van der Waals surface area contributed by atoms with Crippen LogP contribution in [-0.4, -0.2) is 12.8 Å². The highest BCUT2D eigenvalue weighted by atomic mass is 16.5. The van der Waals surface area contributed by atoms with E-state index in [1.54, 1.807) is 6.21 Å². The number of rotatable bonds is 7. The average Bonchev–Trinajstić information content (AvgIpc) is 2.31. The van der Waals surface area contributed by atoms with Gasteiger partial charge in [-0.3, -0.25) is 0 Å². The second-order valence-electron chi connectivity index (χ2n) is 3.76. The maximum absolute atomic E-state index is 5.61. The topological polar surface area (TPSA) is 47.6 Å². The average molecular weight is 220 g/mol. The lowest BCUT2D eigenvalue weighted by Gasteiger charge is -2.05. The Morgan fingerprint density at radius 1 is 1.19 bits per heavy atom. The van der Waals surface area contributed by atoms with Crippen molar-refractivity contribution in [3.05, 3.63) is 29.8 Å². The van der Waals surface area contributed by atoms with Crippen LogP contribution >= 0.6 is 0 Å². The first kappa shape index (κ1) is 12.6. The predicted octanol–water partition coefficient (Wildman–Crippen LogP) is 2.94. The zero-order valence-electron chi connectivity index (χ0n) is 9.86. The van der Waals surface area contributed by atoms with Gasteiger partial charge < -0.3 is 10.6 Å². The Balaban J connectivity index is 2.26. The fraction of sp³-hybridized carbons (Fsp3) is 0.462. The van der Waals surface area contributed by atoms with Crippen molar-refractivity contribution in [3.63, 3.8) is 0 Å². The predicted molar refractivity (Wildman–Crippen MR) is 67.9 cm³/mol. The molecule has 0 saturated carbocycles. The van der Waals surface area contributed by atoms with Gasteiger partial charge in [0.2, 0.25) is 0 Å². The number of hydrogen-bond donors (Lipinski definition) is 1. The molecule has 0 aromatic heterocycles. The maximum Gasteiger partial charge on any atom is 0.119 e. The molecule has 1 aromatic rings. The van der Waals surface area contributed by atoms with E-state index in [2.05, 4.69) is 12.0 Å². The van der Waals surface area contributed by atoms with Crippen molar-refractivity contribution in [3.8, 4) is 5.75 Å². The Labute approximate surface area is 97.3 Å². The standard InChI is InChI=1S/C13H20N2O/c1-2-3-4-5-10-16-13-8-6-12(7-9-13)11-15-14/h6-9,11H,2-5,10,14H2,1H3. The lowest BCUT2D eigenvalue weighted by Crippen LogP contribution is -1.97. The van der Waals surface area contributed by atoms with Gasteiger partial charge in [0, 0.05) is 0 Å². The molecule has 3 nitrogen and oxygen atoms in total. The van der Waals surface area contributed by atoms with Crippen molar-refractivity contribution < 1.29 is 4.74 Å². The van der Waals surface area contributed by atoms with E-state index in [-0.39, 0.29) is 0 Å². The van der Waals surface area contributed by atoms with Crippen LogP contribution in [0.5, 0.6) is 5.75 Å². The molecule has 3 heteroatoms. The number of ether oxygens (including phenoxy) is 1. The highest BCUT2D eigenvalue weighted by Gasteiger charge is 1.94. The number of unbranched alkanes of at least 4 members (excludes halogenated alkanes) is 3. The molecule has 0 heterocycles. The maximum atomic E-state index is 5.61. The van der Waals surface area contributed by atoms with Gasteiger partial charge in [-0.25, -0.2) is 0 Å².